The second kappa shape index (κ2) is 16.9. The van der Waals surface area contributed by atoms with Gasteiger partial charge in [-0.2, -0.15) is 0 Å². The third-order valence-electron chi connectivity index (χ3n) is 12.4. The molecule has 5 atom stereocenters. The predicted molar refractivity (Wildman–Crippen MR) is 202 cm³/mol. The quantitative estimate of drug-likeness (QED) is 0.354. The minimum Gasteiger partial charge on any atom is -0.446 e. The first-order valence-corrected chi connectivity index (χ1v) is 21.9. The van der Waals surface area contributed by atoms with Crippen LogP contribution >= 0.6 is 0 Å². The van der Waals surface area contributed by atoms with Crippen molar-refractivity contribution in [3.63, 3.8) is 0 Å². The molecule has 1 aromatic carbocycles. The van der Waals surface area contributed by atoms with E-state index in [1.165, 1.54) is 10.5 Å². The van der Waals surface area contributed by atoms with Crippen LogP contribution in [0.25, 0.3) is 0 Å². The van der Waals surface area contributed by atoms with Crippen molar-refractivity contribution in [3.05, 3.63) is 47.5 Å². The highest BCUT2D eigenvalue weighted by atomic mass is 32.2. The Morgan fingerprint density at radius 1 is 0.855 bits per heavy atom. The molecule has 0 radical (unpaired) electrons. The fourth-order valence-corrected chi connectivity index (χ4v) is 10.6. The highest BCUT2D eigenvalue weighted by Crippen LogP contribution is 2.46. The number of carbonyl (C=O) groups is 5. The molecule has 3 N–H and O–H groups in total. The summed E-state index contributed by atoms with van der Waals surface area (Å²) in [4.78, 5) is 72.4. The van der Waals surface area contributed by atoms with Crippen LogP contribution in [0.4, 0.5) is 9.59 Å². The number of nitrogens with one attached hydrogen (secondary N) is 3. The molecule has 0 spiro atoms. The van der Waals surface area contributed by atoms with Gasteiger partial charge in [0, 0.05) is 25.4 Å². The lowest BCUT2D eigenvalue weighted by atomic mass is 10.0. The summed E-state index contributed by atoms with van der Waals surface area (Å²) in [6.45, 7) is 0.738. The zero-order valence-corrected chi connectivity index (χ0v) is 32.4. The molecule has 3 heterocycles. The van der Waals surface area contributed by atoms with E-state index in [-0.39, 0.29) is 25.5 Å². The Balaban J connectivity index is 1.12. The van der Waals surface area contributed by atoms with E-state index in [0.717, 1.165) is 63.4 Å². The number of ether oxygens (including phenoxy) is 2. The normalized spacial score (nSPS) is 30.0. The van der Waals surface area contributed by atoms with Gasteiger partial charge in [0.2, 0.25) is 21.8 Å². The summed E-state index contributed by atoms with van der Waals surface area (Å²) in [7, 11) is -3.99. The molecule has 3 saturated carbocycles. The molecule has 1 saturated heterocycles. The van der Waals surface area contributed by atoms with Gasteiger partial charge in [-0.15, -0.1) is 0 Å². The summed E-state index contributed by atoms with van der Waals surface area (Å²) in [6.07, 6.45) is 12.5. The van der Waals surface area contributed by atoms with E-state index >= 15 is 0 Å². The maximum atomic E-state index is 14.5. The van der Waals surface area contributed by atoms with Gasteiger partial charge in [-0.3, -0.25) is 19.1 Å². The number of sulfonamides is 1. The predicted octanol–water partition coefficient (Wildman–Crippen LogP) is 4.36. The van der Waals surface area contributed by atoms with E-state index < -0.39 is 74.8 Å². The molecule has 15 heteroatoms. The standard InChI is InChI=1S/C40H55N5O9S/c46-35-34-23-31(54-39(50)44-22-21-27-13-9-10-14-28(27)25-44)26-45(34)36(47)33(41-38(49)53-30-16-11-12-17-30)20-8-3-1-2-5-15-29-24-40(29,42-35)37(48)43-55(51,52)32-18-6-4-7-19-32/h5,9-10,13-15,29-34H,1-4,6-8,11-12,16-26H2,(H,41,49)(H,42,46)(H,43,48)/b15-5-/t29-,31-,33+,34+,40-/m1/s1. The second-order valence-corrected chi connectivity index (χ2v) is 18.2. The fraction of sp³-hybridized carbons (Fsp3) is 0.675. The van der Waals surface area contributed by atoms with Crippen LogP contribution in [0.15, 0.2) is 36.4 Å². The van der Waals surface area contributed by atoms with Crippen LogP contribution in [0.3, 0.4) is 0 Å². The summed E-state index contributed by atoms with van der Waals surface area (Å²) < 4.78 is 40.7. The number of carbonyl (C=O) groups excluding carboxylic acids is 5. The zero-order valence-electron chi connectivity index (χ0n) is 31.5. The number of hydrogen-bond donors (Lipinski definition) is 3. The molecule has 3 aliphatic carbocycles. The number of alkyl carbamates (subject to hydrolysis) is 1. The van der Waals surface area contributed by atoms with E-state index in [1.807, 2.05) is 36.4 Å². The molecule has 14 nitrogen and oxygen atoms in total. The molecule has 4 fully saturated rings. The Bertz CT molecular complexity index is 1760. The van der Waals surface area contributed by atoms with Crippen molar-refractivity contribution in [1.29, 1.82) is 0 Å². The Morgan fingerprint density at radius 2 is 1.56 bits per heavy atom. The van der Waals surface area contributed by atoms with Crippen molar-refractivity contribution in [2.75, 3.05) is 13.1 Å². The van der Waals surface area contributed by atoms with Crippen LogP contribution in [-0.2, 0) is 46.8 Å². The molecular weight excluding hydrogens is 727 g/mol. The van der Waals surface area contributed by atoms with E-state index in [1.54, 1.807) is 4.90 Å². The number of nitrogens with zero attached hydrogens (tertiary/aromatic N) is 2. The zero-order chi connectivity index (χ0) is 38.6. The van der Waals surface area contributed by atoms with Gasteiger partial charge in [0.05, 0.1) is 11.8 Å². The summed E-state index contributed by atoms with van der Waals surface area (Å²) in [5.41, 5.74) is 0.672. The van der Waals surface area contributed by atoms with Gasteiger partial charge >= 0.3 is 12.2 Å². The van der Waals surface area contributed by atoms with Crippen LogP contribution in [-0.4, -0.2) is 96.3 Å². The average Bonchev–Trinajstić information content (AvgIpc) is 3.44. The molecule has 1 aromatic rings. The molecule has 0 unspecified atom stereocenters. The van der Waals surface area contributed by atoms with Gasteiger partial charge < -0.3 is 29.9 Å². The van der Waals surface area contributed by atoms with E-state index in [0.29, 0.717) is 51.6 Å². The topological polar surface area (TPSA) is 181 Å². The molecule has 55 heavy (non-hydrogen) atoms. The van der Waals surface area contributed by atoms with Gasteiger partial charge in [-0.1, -0.05) is 68.5 Å². The number of allylic oxidation sites excluding steroid dienone is 1. The fourth-order valence-electron chi connectivity index (χ4n) is 9.05. The monoisotopic (exact) mass is 781 g/mol. The Labute approximate surface area is 323 Å². The lowest BCUT2D eigenvalue weighted by Gasteiger charge is -2.30. The van der Waals surface area contributed by atoms with Crippen LogP contribution < -0.4 is 15.4 Å². The van der Waals surface area contributed by atoms with E-state index in [9.17, 15) is 32.4 Å². The molecule has 3 aliphatic heterocycles. The first kappa shape index (κ1) is 39.1. The first-order valence-electron chi connectivity index (χ1n) is 20.4. The Kier molecular flexibility index (Phi) is 12.0. The van der Waals surface area contributed by atoms with Gasteiger partial charge in [-0.25, -0.2) is 18.0 Å². The minimum absolute atomic E-state index is 0.0362. The van der Waals surface area contributed by atoms with Crippen molar-refractivity contribution >= 4 is 39.9 Å². The van der Waals surface area contributed by atoms with Gasteiger partial charge in [-0.05, 0) is 81.8 Å². The molecule has 7 rings (SSSR count). The van der Waals surface area contributed by atoms with Gasteiger partial charge in [0.1, 0.15) is 29.8 Å². The molecule has 0 bridgehead atoms. The van der Waals surface area contributed by atoms with E-state index in [2.05, 4.69) is 15.4 Å². The Hall–Kier alpha value is -4.14. The van der Waals surface area contributed by atoms with Crippen LogP contribution in [0.1, 0.15) is 114 Å². The molecule has 5 amide bonds. The summed E-state index contributed by atoms with van der Waals surface area (Å²) >= 11 is 0. The first-order chi connectivity index (χ1) is 26.5. The maximum Gasteiger partial charge on any atom is 0.410 e. The minimum atomic E-state index is -3.99. The van der Waals surface area contributed by atoms with E-state index in [4.69, 9.17) is 9.47 Å². The lowest BCUT2D eigenvalue weighted by Crippen LogP contribution is -2.58. The number of benzene rings is 1. The van der Waals surface area contributed by atoms with Gasteiger partial charge in [0.25, 0.3) is 5.91 Å². The third-order valence-corrected chi connectivity index (χ3v) is 14.2. The van der Waals surface area contributed by atoms with Crippen molar-refractivity contribution in [2.24, 2.45) is 5.92 Å². The molecule has 6 aliphatic rings. The average molecular weight is 782 g/mol. The largest absolute Gasteiger partial charge is 0.446 e. The summed E-state index contributed by atoms with van der Waals surface area (Å²) in [5.74, 6) is -2.39. The Morgan fingerprint density at radius 3 is 2.35 bits per heavy atom. The molecule has 0 aromatic heterocycles. The van der Waals surface area contributed by atoms with Crippen LogP contribution in [0.5, 0.6) is 0 Å². The lowest BCUT2D eigenvalue weighted by molar-refractivity contribution is -0.141. The highest BCUT2D eigenvalue weighted by molar-refractivity contribution is 7.90. The van der Waals surface area contributed by atoms with Crippen molar-refractivity contribution < 1.29 is 41.9 Å². The van der Waals surface area contributed by atoms with Crippen molar-refractivity contribution in [2.45, 2.75) is 151 Å². The van der Waals surface area contributed by atoms with Crippen LogP contribution in [0.2, 0.25) is 0 Å². The van der Waals surface area contributed by atoms with Crippen molar-refractivity contribution in [3.8, 4) is 0 Å². The second-order valence-electron chi connectivity index (χ2n) is 16.3. The third kappa shape index (κ3) is 9.13. The maximum absolute atomic E-state index is 14.5. The highest BCUT2D eigenvalue weighted by Gasteiger charge is 2.62. The smallest absolute Gasteiger partial charge is 0.410 e. The number of rotatable bonds is 6. The number of hydrogen-bond acceptors (Lipinski definition) is 9. The van der Waals surface area contributed by atoms with Crippen LogP contribution in [0, 0.1) is 5.92 Å². The molecule has 300 valence electrons. The summed E-state index contributed by atoms with van der Waals surface area (Å²) in [6, 6.07) is 5.75. The number of fused-ring (bicyclic) bond motifs is 3. The van der Waals surface area contributed by atoms with Gasteiger partial charge in [0.15, 0.2) is 0 Å². The summed E-state index contributed by atoms with van der Waals surface area (Å²) in [5, 5.41) is 4.99. The molecular formula is C40H55N5O9S. The SMILES string of the molecule is O=C(N[C@H]1CCCCC/C=C\[C@@H]2C[C@@]2(C(=O)NS(=O)(=O)C2CCCCC2)NC(=O)[C@@H]2C[C@@H](OC(=O)N3CCc4ccccc4C3)CN2C1=O)OC1CCCC1. The van der Waals surface area contributed by atoms with Crippen molar-refractivity contribution in [1.82, 2.24) is 25.2 Å². The number of amides is 5.